The summed E-state index contributed by atoms with van der Waals surface area (Å²) >= 11 is 10.5. The van der Waals surface area contributed by atoms with Gasteiger partial charge in [0.25, 0.3) is 6.43 Å². The first-order valence-corrected chi connectivity index (χ1v) is 4.20. The SMILES string of the molecule is FC(F)c1nc(C(F)(F)F)cc(Cl)c1Cl. The molecule has 0 fully saturated rings. The van der Waals surface area contributed by atoms with E-state index < -0.39 is 34.0 Å². The minimum Gasteiger partial charge on any atom is -0.241 e. The monoisotopic (exact) mass is 265 g/mol. The predicted octanol–water partition coefficient (Wildman–Crippen LogP) is 4.34. The van der Waals surface area contributed by atoms with E-state index in [2.05, 4.69) is 4.98 Å². The van der Waals surface area contributed by atoms with Crippen molar-refractivity contribution < 1.29 is 22.0 Å². The third-order valence-corrected chi connectivity index (χ3v) is 2.23. The van der Waals surface area contributed by atoms with Crippen LogP contribution >= 0.6 is 23.2 Å². The topological polar surface area (TPSA) is 12.9 Å². The molecule has 0 bridgehead atoms. The molecule has 0 saturated heterocycles. The Bertz CT molecular complexity index is 376. The van der Waals surface area contributed by atoms with Crippen LogP contribution in [0.1, 0.15) is 17.8 Å². The molecule has 0 spiro atoms. The Kier molecular flexibility index (Phi) is 3.40. The maximum atomic E-state index is 12.2. The Morgan fingerprint density at radius 1 is 1.20 bits per heavy atom. The van der Waals surface area contributed by atoms with Crippen LogP contribution in [0, 0.1) is 0 Å². The van der Waals surface area contributed by atoms with E-state index in [1.54, 1.807) is 0 Å². The van der Waals surface area contributed by atoms with Gasteiger partial charge in [0.2, 0.25) is 0 Å². The third kappa shape index (κ3) is 2.69. The van der Waals surface area contributed by atoms with Crippen molar-refractivity contribution in [1.82, 2.24) is 4.98 Å². The second kappa shape index (κ2) is 4.09. The molecular formula is C7H2Cl2F5N. The predicted molar refractivity (Wildman–Crippen MR) is 44.2 cm³/mol. The molecule has 1 nitrogen and oxygen atoms in total. The number of hydrogen-bond acceptors (Lipinski definition) is 1. The van der Waals surface area contributed by atoms with Gasteiger partial charge in [-0.15, -0.1) is 0 Å². The Labute approximate surface area is 90.8 Å². The van der Waals surface area contributed by atoms with Crippen molar-refractivity contribution in [3.05, 3.63) is 27.5 Å². The van der Waals surface area contributed by atoms with Gasteiger partial charge in [-0.1, -0.05) is 23.2 Å². The van der Waals surface area contributed by atoms with Crippen LogP contribution in [-0.2, 0) is 6.18 Å². The van der Waals surface area contributed by atoms with Crippen molar-refractivity contribution in [2.75, 3.05) is 0 Å². The summed E-state index contributed by atoms with van der Waals surface area (Å²) < 4.78 is 60.8. The van der Waals surface area contributed by atoms with Gasteiger partial charge in [-0.2, -0.15) is 13.2 Å². The van der Waals surface area contributed by atoms with Crippen LogP contribution in [0.3, 0.4) is 0 Å². The summed E-state index contributed by atoms with van der Waals surface area (Å²) in [6.45, 7) is 0. The Morgan fingerprint density at radius 3 is 2.13 bits per heavy atom. The summed E-state index contributed by atoms with van der Waals surface area (Å²) in [6.07, 6.45) is -8.05. The third-order valence-electron chi connectivity index (χ3n) is 1.44. The van der Waals surface area contributed by atoms with Crippen molar-refractivity contribution in [1.29, 1.82) is 0 Å². The van der Waals surface area contributed by atoms with Crippen LogP contribution in [-0.4, -0.2) is 4.98 Å². The van der Waals surface area contributed by atoms with E-state index in [4.69, 9.17) is 23.2 Å². The van der Waals surface area contributed by atoms with Gasteiger partial charge in [-0.05, 0) is 6.07 Å². The Morgan fingerprint density at radius 2 is 1.73 bits per heavy atom. The van der Waals surface area contributed by atoms with Crippen molar-refractivity contribution in [3.63, 3.8) is 0 Å². The van der Waals surface area contributed by atoms with Gasteiger partial charge in [0.05, 0.1) is 10.0 Å². The second-order valence-electron chi connectivity index (χ2n) is 2.49. The smallest absolute Gasteiger partial charge is 0.241 e. The lowest BCUT2D eigenvalue weighted by Gasteiger charge is -2.10. The fourth-order valence-corrected chi connectivity index (χ4v) is 1.19. The summed E-state index contributed by atoms with van der Waals surface area (Å²) in [4.78, 5) is 2.71. The minimum absolute atomic E-state index is 0.399. The molecule has 84 valence electrons. The summed E-state index contributed by atoms with van der Waals surface area (Å²) in [5, 5.41) is -1.27. The molecule has 1 aromatic rings. The first-order chi connectivity index (χ1) is 6.73. The van der Waals surface area contributed by atoms with Crippen LogP contribution in [0.2, 0.25) is 10.0 Å². The van der Waals surface area contributed by atoms with E-state index in [0.717, 1.165) is 0 Å². The molecule has 1 rings (SSSR count). The minimum atomic E-state index is -4.84. The van der Waals surface area contributed by atoms with Crippen LogP contribution in [0.25, 0.3) is 0 Å². The molecule has 1 aromatic heterocycles. The molecule has 0 radical (unpaired) electrons. The highest BCUT2D eigenvalue weighted by Gasteiger charge is 2.35. The molecule has 0 unspecified atom stereocenters. The quantitative estimate of drug-likeness (QED) is 0.689. The van der Waals surface area contributed by atoms with E-state index in [9.17, 15) is 22.0 Å². The van der Waals surface area contributed by atoms with Crippen LogP contribution < -0.4 is 0 Å². The van der Waals surface area contributed by atoms with Crippen molar-refractivity contribution >= 4 is 23.2 Å². The zero-order chi connectivity index (χ0) is 11.8. The molecule has 0 N–H and O–H groups in total. The summed E-state index contributed by atoms with van der Waals surface area (Å²) in [5.41, 5.74) is -2.66. The van der Waals surface area contributed by atoms with E-state index in [-0.39, 0.29) is 0 Å². The number of halogens is 7. The molecular weight excluding hydrogens is 264 g/mol. The molecule has 0 aliphatic rings. The average molecular weight is 266 g/mol. The fraction of sp³-hybridized carbons (Fsp3) is 0.286. The fourth-order valence-electron chi connectivity index (χ4n) is 0.807. The normalized spacial score (nSPS) is 12.3. The number of pyridine rings is 1. The second-order valence-corrected chi connectivity index (χ2v) is 3.27. The standard InChI is InChI=1S/C7H2Cl2F5N/c8-2-1-3(7(12,13)14)15-5(4(2)9)6(10)11/h1,6H. The zero-order valence-corrected chi connectivity index (χ0v) is 8.26. The first kappa shape index (κ1) is 12.4. The molecule has 0 aliphatic carbocycles. The molecule has 8 heteroatoms. The largest absolute Gasteiger partial charge is 0.433 e. The number of hydrogen-bond donors (Lipinski definition) is 0. The Hall–Kier alpha value is -0.620. The van der Waals surface area contributed by atoms with Crippen molar-refractivity contribution in [2.45, 2.75) is 12.6 Å². The Balaban J connectivity index is 3.36. The van der Waals surface area contributed by atoms with E-state index >= 15 is 0 Å². The lowest BCUT2D eigenvalue weighted by molar-refractivity contribution is -0.141. The molecule has 0 atom stereocenters. The number of alkyl halides is 5. The van der Waals surface area contributed by atoms with Crippen LogP contribution in [0.15, 0.2) is 6.07 Å². The van der Waals surface area contributed by atoms with Gasteiger partial charge >= 0.3 is 6.18 Å². The zero-order valence-electron chi connectivity index (χ0n) is 6.75. The van der Waals surface area contributed by atoms with Gasteiger partial charge in [-0.3, -0.25) is 0 Å². The van der Waals surface area contributed by atoms with Gasteiger partial charge in [-0.25, -0.2) is 13.8 Å². The highest BCUT2D eigenvalue weighted by Crippen LogP contribution is 2.36. The van der Waals surface area contributed by atoms with Gasteiger partial charge in [0.1, 0.15) is 11.4 Å². The maximum Gasteiger partial charge on any atom is 0.433 e. The van der Waals surface area contributed by atoms with Crippen molar-refractivity contribution in [2.24, 2.45) is 0 Å². The van der Waals surface area contributed by atoms with E-state index in [1.165, 1.54) is 0 Å². The molecule has 0 amide bonds. The lowest BCUT2D eigenvalue weighted by atomic mass is 10.3. The van der Waals surface area contributed by atoms with E-state index in [1.807, 2.05) is 0 Å². The molecule has 15 heavy (non-hydrogen) atoms. The van der Waals surface area contributed by atoms with Gasteiger partial charge in [0.15, 0.2) is 0 Å². The highest BCUT2D eigenvalue weighted by atomic mass is 35.5. The first-order valence-electron chi connectivity index (χ1n) is 3.44. The maximum absolute atomic E-state index is 12.2. The summed E-state index contributed by atoms with van der Waals surface area (Å²) in [7, 11) is 0. The van der Waals surface area contributed by atoms with Crippen molar-refractivity contribution in [3.8, 4) is 0 Å². The molecule has 1 heterocycles. The average Bonchev–Trinajstić information content (AvgIpc) is 2.06. The lowest BCUT2D eigenvalue weighted by Crippen LogP contribution is -2.10. The van der Waals surface area contributed by atoms with Crippen LogP contribution in [0.4, 0.5) is 22.0 Å². The molecule has 0 aliphatic heterocycles. The van der Waals surface area contributed by atoms with Crippen LogP contribution in [0.5, 0.6) is 0 Å². The molecule has 0 saturated carbocycles. The van der Waals surface area contributed by atoms with Gasteiger partial charge in [0, 0.05) is 0 Å². The molecule has 0 aromatic carbocycles. The summed E-state index contributed by atoms with van der Waals surface area (Å²) in [5.74, 6) is 0. The van der Waals surface area contributed by atoms with Gasteiger partial charge < -0.3 is 0 Å². The number of rotatable bonds is 1. The number of nitrogens with zero attached hydrogens (tertiary/aromatic N) is 1. The van der Waals surface area contributed by atoms with E-state index in [0.29, 0.717) is 6.07 Å². The summed E-state index contributed by atoms with van der Waals surface area (Å²) in [6, 6.07) is 0.399. The highest BCUT2D eigenvalue weighted by molar-refractivity contribution is 6.42. The number of aromatic nitrogens is 1.